The molecule has 2 aliphatic carbocycles. The molecule has 0 aliphatic heterocycles. The van der Waals surface area contributed by atoms with E-state index in [2.05, 4.69) is 4.84 Å². The van der Waals surface area contributed by atoms with Gasteiger partial charge < -0.3 is 14.3 Å². The Morgan fingerprint density at radius 3 is 2.65 bits per heavy atom. The van der Waals surface area contributed by atoms with Crippen LogP contribution in [0.1, 0.15) is 19.3 Å². The van der Waals surface area contributed by atoms with Crippen molar-refractivity contribution in [3.05, 3.63) is 82.7 Å². The van der Waals surface area contributed by atoms with Crippen LogP contribution in [0, 0.1) is 21.3 Å². The number of rotatable bonds is 8. The number of allylic oxidation sites excluding steroid dienone is 2. The van der Waals surface area contributed by atoms with Crippen molar-refractivity contribution in [2.24, 2.45) is 5.41 Å². The molecule has 0 radical (unpaired) electrons. The van der Waals surface area contributed by atoms with E-state index in [1.54, 1.807) is 24.3 Å². The highest BCUT2D eigenvalue weighted by atomic mass is 32.1. The average Bonchev–Trinajstić information content (AvgIpc) is 3.56. The normalized spacial score (nSPS) is 18.0. The molecule has 174 valence electrons. The maximum atomic E-state index is 13.5. The molecule has 1 heterocycles. The number of hydrogen-bond acceptors (Lipinski definition) is 7. The van der Waals surface area contributed by atoms with Gasteiger partial charge in [-0.1, -0.05) is 30.4 Å². The van der Waals surface area contributed by atoms with Gasteiger partial charge in [-0.3, -0.25) is 4.79 Å². The Morgan fingerprint density at radius 2 is 1.97 bits per heavy atom. The van der Waals surface area contributed by atoms with Gasteiger partial charge in [-0.2, -0.15) is 0 Å². The van der Waals surface area contributed by atoms with Gasteiger partial charge in [0.05, 0.1) is 10.3 Å². The highest BCUT2D eigenvalue weighted by Crippen LogP contribution is 2.49. The monoisotopic (exact) mass is 481 g/mol. The standard InChI is InChI=1S/C25H20FNO6S/c26-17-8-6-16(7-9-17)23-22(32-18-4-2-1-3-5-18)20-11-10-19(14-21(20)34-23)33-24(28)25(12-13-25)15-31-27(29)30/h1-4,6-11,14,18H,5,12-13,15H2. The van der Waals surface area contributed by atoms with Crippen LogP contribution < -0.4 is 9.47 Å². The lowest BCUT2D eigenvalue weighted by molar-refractivity contribution is -0.759. The fourth-order valence-electron chi connectivity index (χ4n) is 3.77. The topological polar surface area (TPSA) is 87.9 Å². The van der Waals surface area contributed by atoms with E-state index in [0.717, 1.165) is 26.9 Å². The fraction of sp³-hybridized carbons (Fsp3) is 0.240. The van der Waals surface area contributed by atoms with Gasteiger partial charge in [0.25, 0.3) is 5.09 Å². The molecule has 1 atom stereocenters. The number of benzene rings is 2. The van der Waals surface area contributed by atoms with Crippen molar-refractivity contribution < 1.29 is 28.6 Å². The molecule has 0 amide bonds. The summed E-state index contributed by atoms with van der Waals surface area (Å²) in [7, 11) is 0. The first-order valence-corrected chi connectivity index (χ1v) is 11.6. The lowest BCUT2D eigenvalue weighted by Gasteiger charge is -2.17. The molecule has 3 aromatic rings. The first kappa shape index (κ1) is 22.1. The third-order valence-electron chi connectivity index (χ3n) is 5.88. The van der Waals surface area contributed by atoms with Gasteiger partial charge in [0.2, 0.25) is 0 Å². The summed E-state index contributed by atoms with van der Waals surface area (Å²) in [5, 5.41) is 10.5. The molecular weight excluding hydrogens is 461 g/mol. The highest BCUT2D eigenvalue weighted by Gasteiger charge is 2.52. The Bertz CT molecular complexity index is 1310. The third kappa shape index (κ3) is 4.51. The number of carbonyl (C=O) groups is 1. The summed E-state index contributed by atoms with van der Waals surface area (Å²) in [6.45, 7) is -0.309. The SMILES string of the molecule is O=C(Oc1ccc2c(OC3C=CC=CC3)c(-c3ccc(F)cc3)sc2c1)C1(CO[N+](=O)[O-])CC1. The molecule has 0 saturated heterocycles. The minimum atomic E-state index is -0.966. The Hall–Kier alpha value is -3.72. The molecule has 0 spiro atoms. The third-order valence-corrected chi connectivity index (χ3v) is 7.06. The molecule has 1 saturated carbocycles. The smallest absolute Gasteiger partial charge is 0.319 e. The van der Waals surface area contributed by atoms with Gasteiger partial charge in [0, 0.05) is 16.5 Å². The Morgan fingerprint density at radius 1 is 1.18 bits per heavy atom. The van der Waals surface area contributed by atoms with Crippen LogP contribution in [0.2, 0.25) is 0 Å². The van der Waals surface area contributed by atoms with Crippen LogP contribution in [0.3, 0.4) is 0 Å². The van der Waals surface area contributed by atoms with Gasteiger partial charge in [0.1, 0.15) is 30.0 Å². The first-order chi connectivity index (χ1) is 16.4. The molecule has 7 nitrogen and oxygen atoms in total. The van der Waals surface area contributed by atoms with Crippen LogP contribution in [-0.2, 0) is 9.63 Å². The molecule has 5 rings (SSSR count). The second kappa shape index (κ2) is 8.90. The minimum absolute atomic E-state index is 0.129. The number of fused-ring (bicyclic) bond motifs is 1. The Balaban J connectivity index is 1.45. The van der Waals surface area contributed by atoms with Gasteiger partial charge >= 0.3 is 5.97 Å². The zero-order chi connectivity index (χ0) is 23.7. The van der Waals surface area contributed by atoms with E-state index in [1.165, 1.54) is 23.5 Å². The van der Waals surface area contributed by atoms with Gasteiger partial charge in [-0.15, -0.1) is 21.5 Å². The van der Waals surface area contributed by atoms with Crippen molar-refractivity contribution >= 4 is 27.4 Å². The highest BCUT2D eigenvalue weighted by molar-refractivity contribution is 7.22. The van der Waals surface area contributed by atoms with E-state index in [9.17, 15) is 19.3 Å². The minimum Gasteiger partial charge on any atom is -0.484 e. The van der Waals surface area contributed by atoms with Gasteiger partial charge in [-0.25, -0.2) is 4.39 Å². The van der Waals surface area contributed by atoms with E-state index in [1.807, 2.05) is 30.4 Å². The fourth-order valence-corrected chi connectivity index (χ4v) is 4.94. The van der Waals surface area contributed by atoms with Crippen LogP contribution in [0.4, 0.5) is 4.39 Å². The molecule has 1 aromatic heterocycles. The average molecular weight is 482 g/mol. The lowest BCUT2D eigenvalue weighted by Crippen LogP contribution is -2.27. The summed E-state index contributed by atoms with van der Waals surface area (Å²) in [6.07, 6.45) is 9.50. The van der Waals surface area contributed by atoms with Crippen molar-refractivity contribution in [3.8, 4) is 21.9 Å². The molecular formula is C25H20FNO6S. The number of carbonyl (C=O) groups excluding carboxylic acids is 1. The molecule has 1 unspecified atom stereocenters. The number of ether oxygens (including phenoxy) is 2. The van der Waals surface area contributed by atoms with Gasteiger partial charge in [-0.05, 0) is 54.8 Å². The molecule has 34 heavy (non-hydrogen) atoms. The number of thiophene rings is 1. The van der Waals surface area contributed by atoms with Crippen molar-refractivity contribution in [2.45, 2.75) is 25.4 Å². The second-order valence-corrected chi connectivity index (χ2v) is 9.35. The molecule has 2 aromatic carbocycles. The summed E-state index contributed by atoms with van der Waals surface area (Å²) in [5.41, 5.74) is -0.147. The van der Waals surface area contributed by atoms with Gasteiger partial charge in [0.15, 0.2) is 0 Å². The molecule has 9 heteroatoms. The maximum absolute atomic E-state index is 13.5. The first-order valence-electron chi connectivity index (χ1n) is 10.8. The lowest BCUT2D eigenvalue weighted by atomic mass is 10.1. The van der Waals surface area contributed by atoms with Crippen molar-refractivity contribution in [3.63, 3.8) is 0 Å². The second-order valence-electron chi connectivity index (χ2n) is 8.30. The van der Waals surface area contributed by atoms with Crippen molar-refractivity contribution in [1.82, 2.24) is 0 Å². The summed E-state index contributed by atoms with van der Waals surface area (Å²) in [5.74, 6) is 0.160. The van der Waals surface area contributed by atoms with Crippen molar-refractivity contribution in [1.29, 1.82) is 0 Å². The van der Waals surface area contributed by atoms with Crippen LogP contribution in [0.5, 0.6) is 11.5 Å². The van der Waals surface area contributed by atoms with Crippen molar-refractivity contribution in [2.75, 3.05) is 6.61 Å². The number of halogens is 1. The van der Waals surface area contributed by atoms with E-state index < -0.39 is 16.5 Å². The predicted octanol–water partition coefficient (Wildman–Crippen LogP) is 5.86. The predicted molar refractivity (Wildman–Crippen MR) is 125 cm³/mol. The maximum Gasteiger partial charge on any atom is 0.319 e. The van der Waals surface area contributed by atoms with Crippen LogP contribution in [0.25, 0.3) is 20.5 Å². The van der Waals surface area contributed by atoms with Crippen LogP contribution in [-0.4, -0.2) is 23.8 Å². The number of nitrogens with zero attached hydrogens (tertiary/aromatic N) is 1. The Kier molecular flexibility index (Phi) is 5.79. The van der Waals surface area contributed by atoms with E-state index in [0.29, 0.717) is 24.3 Å². The zero-order valence-electron chi connectivity index (χ0n) is 17.9. The van der Waals surface area contributed by atoms with E-state index >= 15 is 0 Å². The summed E-state index contributed by atoms with van der Waals surface area (Å²) in [4.78, 5) is 28.4. The van der Waals surface area contributed by atoms with E-state index in [4.69, 9.17) is 9.47 Å². The van der Waals surface area contributed by atoms with E-state index in [-0.39, 0.29) is 18.5 Å². The molecule has 2 aliphatic rings. The largest absolute Gasteiger partial charge is 0.484 e. The summed E-state index contributed by atoms with van der Waals surface area (Å²) in [6, 6.07) is 11.5. The Labute approximate surface area is 198 Å². The number of esters is 1. The molecule has 0 N–H and O–H groups in total. The molecule has 0 bridgehead atoms. The molecule has 1 fully saturated rings. The summed E-state index contributed by atoms with van der Waals surface area (Å²) >= 11 is 1.46. The quantitative estimate of drug-likeness (QED) is 0.173. The summed E-state index contributed by atoms with van der Waals surface area (Å²) < 4.78 is 26.3. The van der Waals surface area contributed by atoms with Crippen LogP contribution >= 0.6 is 11.3 Å². The zero-order valence-corrected chi connectivity index (χ0v) is 18.8. The van der Waals surface area contributed by atoms with Crippen LogP contribution in [0.15, 0.2) is 66.8 Å². The number of hydrogen-bond donors (Lipinski definition) is 0.